The number of Topliss-reactive ketones (excluding diaryl/α,β-unsaturated/α-hetero) is 1. The number of hydrogen-bond acceptors (Lipinski definition) is 5. The molecular formula is C19H22N3O4+. The van der Waals surface area contributed by atoms with Crippen LogP contribution in [0.25, 0.3) is 0 Å². The van der Waals surface area contributed by atoms with Crippen molar-refractivity contribution in [1.82, 2.24) is 9.88 Å². The van der Waals surface area contributed by atoms with Crippen LogP contribution in [-0.2, 0) is 4.79 Å². The van der Waals surface area contributed by atoms with Crippen LogP contribution in [0.15, 0.2) is 58.7 Å². The first-order valence-corrected chi connectivity index (χ1v) is 8.52. The van der Waals surface area contributed by atoms with E-state index in [1.54, 1.807) is 30.6 Å². The molecule has 0 saturated heterocycles. The molecule has 26 heavy (non-hydrogen) atoms. The number of aliphatic hydroxyl groups is 1. The summed E-state index contributed by atoms with van der Waals surface area (Å²) in [7, 11) is 4.07. The topological polar surface area (TPSA) is 88.1 Å². The molecule has 1 atom stereocenters. The highest BCUT2D eigenvalue weighted by Crippen LogP contribution is 2.38. The van der Waals surface area contributed by atoms with Gasteiger partial charge >= 0.3 is 0 Å². The van der Waals surface area contributed by atoms with Gasteiger partial charge in [-0.2, -0.15) is 0 Å². The number of furan rings is 1. The van der Waals surface area contributed by atoms with Gasteiger partial charge in [-0.05, 0) is 23.8 Å². The zero-order chi connectivity index (χ0) is 18.7. The van der Waals surface area contributed by atoms with Gasteiger partial charge in [0.25, 0.3) is 5.91 Å². The van der Waals surface area contributed by atoms with Crippen LogP contribution in [-0.4, -0.2) is 53.9 Å². The first kappa shape index (κ1) is 17.9. The summed E-state index contributed by atoms with van der Waals surface area (Å²) in [5.41, 5.74) is 0.715. The van der Waals surface area contributed by atoms with Gasteiger partial charge in [0.2, 0.25) is 5.78 Å². The van der Waals surface area contributed by atoms with E-state index in [9.17, 15) is 14.7 Å². The van der Waals surface area contributed by atoms with Crippen molar-refractivity contribution in [2.24, 2.45) is 0 Å². The van der Waals surface area contributed by atoms with E-state index in [1.807, 2.05) is 14.1 Å². The van der Waals surface area contributed by atoms with E-state index in [-0.39, 0.29) is 11.3 Å². The maximum absolute atomic E-state index is 12.9. The van der Waals surface area contributed by atoms with Gasteiger partial charge in [0, 0.05) is 25.4 Å². The van der Waals surface area contributed by atoms with Gasteiger partial charge in [0.15, 0.2) is 11.5 Å². The third-order valence-electron chi connectivity index (χ3n) is 4.37. The van der Waals surface area contributed by atoms with Crippen LogP contribution in [0.4, 0.5) is 0 Å². The first-order chi connectivity index (χ1) is 12.5. The van der Waals surface area contributed by atoms with Gasteiger partial charge in [-0.3, -0.25) is 14.6 Å². The van der Waals surface area contributed by atoms with E-state index in [4.69, 9.17) is 4.42 Å². The summed E-state index contributed by atoms with van der Waals surface area (Å²) < 4.78 is 5.18. The number of ketones is 1. The van der Waals surface area contributed by atoms with Crippen molar-refractivity contribution in [3.63, 3.8) is 0 Å². The van der Waals surface area contributed by atoms with E-state index in [1.165, 1.54) is 22.1 Å². The zero-order valence-corrected chi connectivity index (χ0v) is 14.8. The number of carbonyl (C=O) groups excluding carboxylic acids is 2. The first-order valence-electron chi connectivity index (χ1n) is 8.52. The number of hydrogen-bond donors (Lipinski definition) is 2. The highest BCUT2D eigenvalue weighted by atomic mass is 16.3. The minimum atomic E-state index is -0.675. The van der Waals surface area contributed by atoms with Gasteiger partial charge in [-0.25, -0.2) is 0 Å². The van der Waals surface area contributed by atoms with Crippen molar-refractivity contribution in [3.8, 4) is 0 Å². The number of aliphatic hydroxyl groups excluding tert-OH is 1. The van der Waals surface area contributed by atoms with E-state index in [0.29, 0.717) is 12.1 Å². The van der Waals surface area contributed by atoms with Gasteiger partial charge in [0.1, 0.15) is 0 Å². The molecule has 3 rings (SSSR count). The van der Waals surface area contributed by atoms with E-state index in [2.05, 4.69) is 4.98 Å². The van der Waals surface area contributed by atoms with Crippen LogP contribution in [0.3, 0.4) is 0 Å². The van der Waals surface area contributed by atoms with Crippen molar-refractivity contribution in [1.29, 1.82) is 0 Å². The molecule has 7 nitrogen and oxygen atoms in total. The molecule has 0 radical (unpaired) electrons. The van der Waals surface area contributed by atoms with Crippen LogP contribution >= 0.6 is 0 Å². The Morgan fingerprint density at radius 1 is 1.35 bits per heavy atom. The second-order valence-electron chi connectivity index (χ2n) is 6.57. The molecule has 0 spiro atoms. The molecule has 1 aliphatic heterocycles. The van der Waals surface area contributed by atoms with Gasteiger partial charge < -0.3 is 19.3 Å². The summed E-state index contributed by atoms with van der Waals surface area (Å²) in [6.45, 7) is 1.30. The quantitative estimate of drug-likeness (QED) is 0.716. The molecule has 7 heteroatoms. The Morgan fingerprint density at radius 2 is 2.15 bits per heavy atom. The normalized spacial score (nSPS) is 17.4. The number of aromatic nitrogens is 1. The Bertz CT molecular complexity index is 813. The third kappa shape index (κ3) is 3.39. The summed E-state index contributed by atoms with van der Waals surface area (Å²) >= 11 is 0. The summed E-state index contributed by atoms with van der Waals surface area (Å²) in [6.07, 6.45) is 5.37. The van der Waals surface area contributed by atoms with Crippen molar-refractivity contribution < 1.29 is 24.0 Å². The highest BCUT2D eigenvalue weighted by molar-refractivity contribution is 6.14. The minimum Gasteiger partial charge on any atom is -0.503 e. The van der Waals surface area contributed by atoms with Gasteiger partial charge in [-0.15, -0.1) is 0 Å². The Kier molecular flexibility index (Phi) is 5.18. The second-order valence-corrected chi connectivity index (χ2v) is 6.57. The number of quaternary nitrogens is 1. The molecule has 0 unspecified atom stereocenters. The Balaban J connectivity index is 1.97. The minimum absolute atomic E-state index is 0.0372. The molecule has 1 aliphatic rings. The fourth-order valence-corrected chi connectivity index (χ4v) is 3.14. The fraction of sp³-hybridized carbons (Fsp3) is 0.316. The monoisotopic (exact) mass is 356 g/mol. The molecule has 3 heterocycles. The molecule has 0 aliphatic carbocycles. The largest absolute Gasteiger partial charge is 0.503 e. The van der Waals surface area contributed by atoms with Crippen LogP contribution in [0, 0.1) is 0 Å². The second kappa shape index (κ2) is 7.53. The fourth-order valence-electron chi connectivity index (χ4n) is 3.14. The van der Waals surface area contributed by atoms with E-state index < -0.39 is 23.5 Å². The SMILES string of the molecule is C[NH+](C)CCCN1C(=O)C(O)=C(C(=O)c2ccco2)[C@@H]1c1cccnc1. The standard InChI is InChI=1S/C19H21N3O4/c1-21(2)9-5-10-22-16(13-6-3-8-20-12-13)15(18(24)19(22)25)17(23)14-7-4-11-26-14/h3-4,6-8,11-12,16,24H,5,9-10H2,1-2H3/p+1/t16-/m0/s1. The molecule has 2 N–H and O–H groups in total. The number of nitrogens with zero attached hydrogens (tertiary/aromatic N) is 2. The Hall–Kier alpha value is -2.93. The van der Waals surface area contributed by atoms with Crippen LogP contribution < -0.4 is 4.90 Å². The highest BCUT2D eigenvalue weighted by Gasteiger charge is 2.44. The molecule has 0 fully saturated rings. The lowest BCUT2D eigenvalue weighted by Crippen LogP contribution is -3.05. The zero-order valence-electron chi connectivity index (χ0n) is 14.8. The van der Waals surface area contributed by atoms with Crippen LogP contribution in [0.2, 0.25) is 0 Å². The number of nitrogens with one attached hydrogen (secondary N) is 1. The molecule has 0 saturated carbocycles. The summed E-state index contributed by atoms with van der Waals surface area (Å²) in [5, 5.41) is 10.4. The lowest BCUT2D eigenvalue weighted by atomic mass is 9.96. The maximum Gasteiger partial charge on any atom is 0.290 e. The van der Waals surface area contributed by atoms with Crippen molar-refractivity contribution in [2.75, 3.05) is 27.2 Å². The Labute approximate surface area is 151 Å². The summed E-state index contributed by atoms with van der Waals surface area (Å²) in [5.74, 6) is -1.46. The summed E-state index contributed by atoms with van der Waals surface area (Å²) in [6, 6.07) is 5.98. The molecule has 0 aromatic carbocycles. The lowest BCUT2D eigenvalue weighted by Gasteiger charge is -2.26. The predicted molar refractivity (Wildman–Crippen MR) is 93.7 cm³/mol. The van der Waals surface area contributed by atoms with Crippen molar-refractivity contribution in [2.45, 2.75) is 12.5 Å². The third-order valence-corrected chi connectivity index (χ3v) is 4.37. The van der Waals surface area contributed by atoms with E-state index >= 15 is 0 Å². The number of amides is 1. The Morgan fingerprint density at radius 3 is 2.77 bits per heavy atom. The maximum atomic E-state index is 12.9. The lowest BCUT2D eigenvalue weighted by molar-refractivity contribution is -0.858. The van der Waals surface area contributed by atoms with Crippen molar-refractivity contribution >= 4 is 11.7 Å². The number of rotatable bonds is 7. The van der Waals surface area contributed by atoms with Crippen molar-refractivity contribution in [3.05, 3.63) is 65.6 Å². The smallest absolute Gasteiger partial charge is 0.290 e. The number of pyridine rings is 1. The number of carbonyl (C=O) groups is 2. The molecule has 2 aromatic rings. The molecule has 1 amide bonds. The molecular weight excluding hydrogens is 334 g/mol. The van der Waals surface area contributed by atoms with Crippen LogP contribution in [0.5, 0.6) is 0 Å². The molecule has 136 valence electrons. The van der Waals surface area contributed by atoms with Gasteiger partial charge in [-0.1, -0.05) is 6.07 Å². The average molecular weight is 356 g/mol. The van der Waals surface area contributed by atoms with Crippen LogP contribution in [0.1, 0.15) is 28.6 Å². The van der Waals surface area contributed by atoms with Gasteiger partial charge in [0.05, 0.1) is 38.5 Å². The molecule has 0 bridgehead atoms. The van der Waals surface area contributed by atoms with E-state index in [0.717, 1.165) is 13.0 Å². The molecule has 2 aromatic heterocycles. The predicted octanol–water partition coefficient (Wildman–Crippen LogP) is 0.788. The average Bonchev–Trinajstić information content (AvgIpc) is 3.24. The summed E-state index contributed by atoms with van der Waals surface area (Å²) in [4.78, 5) is 32.4.